The summed E-state index contributed by atoms with van der Waals surface area (Å²) in [7, 11) is 0. The van der Waals surface area contributed by atoms with Crippen LogP contribution in [0.3, 0.4) is 0 Å². The molecule has 1 atom stereocenters. The molecule has 0 bridgehead atoms. The van der Waals surface area contributed by atoms with Crippen LogP contribution in [-0.4, -0.2) is 27.5 Å². The Morgan fingerprint density at radius 3 is 2.91 bits per heavy atom. The zero-order valence-corrected chi connectivity index (χ0v) is 19.1. The third-order valence-corrected chi connectivity index (χ3v) is 6.74. The lowest BCUT2D eigenvalue weighted by Crippen LogP contribution is -2.18. The Kier molecular flexibility index (Phi) is 5.52. The molecule has 1 aliphatic heterocycles. The zero-order chi connectivity index (χ0) is 22.7. The average Bonchev–Trinajstić information content (AvgIpc) is 3.54. The van der Waals surface area contributed by atoms with Crippen LogP contribution >= 0.6 is 11.3 Å². The standard InChI is InChI=1S/C27H21N5OS/c1-2-13-29-25(8-1)33-24-7-3-5-18-15-20(10-12-22(18)24)32-27-26-23(30-17-31-27)16-21(34-26)11-9-19-6-4-14-28-19/h1-3,5,7-8,10,12-13,15-17,19,28H,4,6,14H2,(H,30,31,32)/t19-/m1/s1. The van der Waals surface area contributed by atoms with Crippen LogP contribution in [0.2, 0.25) is 0 Å². The largest absolute Gasteiger partial charge is 0.438 e. The second-order valence-corrected chi connectivity index (χ2v) is 9.10. The predicted octanol–water partition coefficient (Wildman–Crippen LogP) is 5.88. The summed E-state index contributed by atoms with van der Waals surface area (Å²) in [5.74, 6) is 8.76. The van der Waals surface area contributed by atoms with E-state index in [9.17, 15) is 0 Å². The van der Waals surface area contributed by atoms with Crippen LogP contribution in [-0.2, 0) is 0 Å². The Morgan fingerprint density at radius 1 is 1.03 bits per heavy atom. The van der Waals surface area contributed by atoms with Crippen molar-refractivity contribution in [3.63, 3.8) is 0 Å². The number of nitrogens with zero attached hydrogens (tertiary/aromatic N) is 3. The summed E-state index contributed by atoms with van der Waals surface area (Å²) in [6.45, 7) is 1.05. The molecule has 1 aliphatic rings. The number of fused-ring (bicyclic) bond motifs is 2. The van der Waals surface area contributed by atoms with Gasteiger partial charge in [0, 0.05) is 23.3 Å². The van der Waals surface area contributed by atoms with Crippen molar-refractivity contribution < 1.29 is 4.74 Å². The quantitative estimate of drug-likeness (QED) is 0.324. The molecule has 3 aromatic heterocycles. The average molecular weight is 464 g/mol. The van der Waals surface area contributed by atoms with E-state index in [0.29, 0.717) is 5.88 Å². The minimum atomic E-state index is 0.290. The molecule has 166 valence electrons. The van der Waals surface area contributed by atoms with Gasteiger partial charge in [-0.15, -0.1) is 11.3 Å². The minimum Gasteiger partial charge on any atom is -0.438 e. The molecule has 0 amide bonds. The number of anilines is 2. The molecule has 0 unspecified atom stereocenters. The fourth-order valence-electron chi connectivity index (χ4n) is 4.05. The number of hydrogen-bond donors (Lipinski definition) is 2. The van der Waals surface area contributed by atoms with E-state index < -0.39 is 0 Å². The van der Waals surface area contributed by atoms with E-state index in [0.717, 1.165) is 56.1 Å². The van der Waals surface area contributed by atoms with Crippen LogP contribution in [0, 0.1) is 11.8 Å². The van der Waals surface area contributed by atoms with Gasteiger partial charge in [0.25, 0.3) is 0 Å². The van der Waals surface area contributed by atoms with Crippen molar-refractivity contribution in [1.29, 1.82) is 0 Å². The van der Waals surface area contributed by atoms with E-state index >= 15 is 0 Å². The number of nitrogens with one attached hydrogen (secondary N) is 2. The predicted molar refractivity (Wildman–Crippen MR) is 137 cm³/mol. The molecule has 0 spiro atoms. The Bertz CT molecular complexity index is 1530. The highest BCUT2D eigenvalue weighted by Crippen LogP contribution is 2.34. The number of rotatable bonds is 4. The monoisotopic (exact) mass is 463 g/mol. The fourth-order valence-corrected chi connectivity index (χ4v) is 4.97. The second-order valence-electron chi connectivity index (χ2n) is 8.05. The van der Waals surface area contributed by atoms with Gasteiger partial charge in [-0.2, -0.15) is 0 Å². The second kappa shape index (κ2) is 9.10. The van der Waals surface area contributed by atoms with E-state index in [4.69, 9.17) is 4.74 Å². The van der Waals surface area contributed by atoms with E-state index in [1.54, 1.807) is 23.9 Å². The Hall–Kier alpha value is -3.99. The summed E-state index contributed by atoms with van der Waals surface area (Å²) in [5, 5.41) is 8.95. The van der Waals surface area contributed by atoms with Crippen LogP contribution in [0.15, 0.2) is 73.2 Å². The van der Waals surface area contributed by atoms with E-state index in [1.165, 1.54) is 6.42 Å². The molecule has 0 aliphatic carbocycles. The van der Waals surface area contributed by atoms with Gasteiger partial charge in [0.2, 0.25) is 5.88 Å². The van der Waals surface area contributed by atoms with Gasteiger partial charge in [0.1, 0.15) is 12.1 Å². The molecule has 6 nitrogen and oxygen atoms in total. The summed E-state index contributed by atoms with van der Waals surface area (Å²) < 4.78 is 7.00. The highest BCUT2D eigenvalue weighted by atomic mass is 32.1. The third-order valence-electron chi connectivity index (χ3n) is 5.70. The minimum absolute atomic E-state index is 0.290. The summed E-state index contributed by atoms with van der Waals surface area (Å²) in [6, 6.07) is 20.1. The number of pyridine rings is 1. The van der Waals surface area contributed by atoms with Crippen LogP contribution in [0.1, 0.15) is 17.7 Å². The van der Waals surface area contributed by atoms with Crippen molar-refractivity contribution in [2.75, 3.05) is 11.9 Å². The summed E-state index contributed by atoms with van der Waals surface area (Å²) in [6.07, 6.45) is 5.61. The molecule has 6 rings (SSSR count). The molecular weight excluding hydrogens is 442 g/mol. The lowest BCUT2D eigenvalue weighted by Gasteiger charge is -2.11. The van der Waals surface area contributed by atoms with Gasteiger partial charge in [-0.3, -0.25) is 0 Å². The highest BCUT2D eigenvalue weighted by molar-refractivity contribution is 7.20. The maximum absolute atomic E-state index is 6.00. The van der Waals surface area contributed by atoms with Crippen molar-refractivity contribution in [3.8, 4) is 23.5 Å². The Balaban J connectivity index is 1.28. The number of benzene rings is 2. The molecule has 2 N–H and O–H groups in total. The van der Waals surface area contributed by atoms with Crippen LogP contribution in [0.5, 0.6) is 11.6 Å². The molecule has 34 heavy (non-hydrogen) atoms. The molecule has 1 fully saturated rings. The van der Waals surface area contributed by atoms with Crippen molar-refractivity contribution in [1.82, 2.24) is 20.3 Å². The maximum atomic E-state index is 6.00. The lowest BCUT2D eigenvalue weighted by molar-refractivity contribution is 0.468. The van der Waals surface area contributed by atoms with Gasteiger partial charge in [0.15, 0.2) is 5.82 Å². The van der Waals surface area contributed by atoms with Crippen LogP contribution in [0.4, 0.5) is 11.5 Å². The molecular formula is C27H21N5OS. The van der Waals surface area contributed by atoms with Gasteiger partial charge in [0.05, 0.1) is 21.1 Å². The molecule has 4 heterocycles. The van der Waals surface area contributed by atoms with Crippen molar-refractivity contribution in [2.24, 2.45) is 0 Å². The molecule has 2 aromatic carbocycles. The first-order chi connectivity index (χ1) is 16.8. The maximum Gasteiger partial charge on any atom is 0.219 e. The van der Waals surface area contributed by atoms with Crippen LogP contribution in [0.25, 0.3) is 21.0 Å². The molecule has 7 heteroatoms. The fraction of sp³-hybridized carbons (Fsp3) is 0.148. The van der Waals surface area contributed by atoms with Gasteiger partial charge in [-0.1, -0.05) is 30.0 Å². The van der Waals surface area contributed by atoms with Gasteiger partial charge in [-0.25, -0.2) is 15.0 Å². The SMILES string of the molecule is C(#C[C@H]1CCCN1)c1cc2ncnc(Nc3ccc4c(Oc5ccccn5)cccc4c3)c2s1. The van der Waals surface area contributed by atoms with E-state index in [2.05, 4.69) is 49.6 Å². The highest BCUT2D eigenvalue weighted by Gasteiger charge is 2.12. The molecule has 0 saturated carbocycles. The topological polar surface area (TPSA) is 72.0 Å². The Morgan fingerprint density at radius 2 is 2.03 bits per heavy atom. The number of hydrogen-bond acceptors (Lipinski definition) is 7. The van der Waals surface area contributed by atoms with Gasteiger partial charge in [-0.05, 0) is 61.2 Å². The number of ether oxygens (including phenoxy) is 1. The summed E-state index contributed by atoms with van der Waals surface area (Å²) in [5.41, 5.74) is 1.84. The normalized spacial score (nSPS) is 15.2. The van der Waals surface area contributed by atoms with Crippen LogP contribution < -0.4 is 15.4 Å². The number of aromatic nitrogens is 3. The van der Waals surface area contributed by atoms with E-state index in [1.807, 2.05) is 48.5 Å². The first kappa shape index (κ1) is 20.6. The lowest BCUT2D eigenvalue weighted by atomic mass is 10.1. The van der Waals surface area contributed by atoms with E-state index in [-0.39, 0.29) is 6.04 Å². The first-order valence-electron chi connectivity index (χ1n) is 11.2. The summed E-state index contributed by atoms with van der Waals surface area (Å²) in [4.78, 5) is 14.2. The van der Waals surface area contributed by atoms with Crippen molar-refractivity contribution >= 4 is 43.8 Å². The first-order valence-corrected chi connectivity index (χ1v) is 12.0. The smallest absolute Gasteiger partial charge is 0.219 e. The van der Waals surface area contributed by atoms with Gasteiger partial charge >= 0.3 is 0 Å². The van der Waals surface area contributed by atoms with Gasteiger partial charge < -0.3 is 15.4 Å². The molecule has 5 aromatic rings. The van der Waals surface area contributed by atoms with Crippen molar-refractivity contribution in [2.45, 2.75) is 18.9 Å². The Labute approximate surface area is 201 Å². The summed E-state index contributed by atoms with van der Waals surface area (Å²) >= 11 is 1.62. The molecule has 1 saturated heterocycles. The zero-order valence-electron chi connectivity index (χ0n) is 18.3. The number of thiophene rings is 1. The van der Waals surface area contributed by atoms with Crippen molar-refractivity contribution in [3.05, 3.63) is 78.1 Å². The third kappa shape index (κ3) is 4.29. The molecule has 0 radical (unpaired) electrons.